The predicted molar refractivity (Wildman–Crippen MR) is 121 cm³/mol. The third-order valence-corrected chi connectivity index (χ3v) is 5.87. The van der Waals surface area contributed by atoms with Crippen molar-refractivity contribution in [3.8, 4) is 11.4 Å². The van der Waals surface area contributed by atoms with E-state index in [4.69, 9.17) is 4.74 Å². The number of benzene rings is 3. The van der Waals surface area contributed by atoms with Gasteiger partial charge in [0, 0.05) is 5.69 Å². The molecule has 0 fully saturated rings. The minimum absolute atomic E-state index is 0.279. The van der Waals surface area contributed by atoms with Gasteiger partial charge < -0.3 is 10.1 Å². The monoisotopic (exact) mass is 449 g/mol. The summed E-state index contributed by atoms with van der Waals surface area (Å²) < 4.78 is 20.3. The molecule has 9 heteroatoms. The third-order valence-electron chi connectivity index (χ3n) is 4.68. The van der Waals surface area contributed by atoms with Gasteiger partial charge in [0.25, 0.3) is 0 Å². The highest BCUT2D eigenvalue weighted by molar-refractivity contribution is 8.00. The van der Waals surface area contributed by atoms with Gasteiger partial charge in [-0.3, -0.25) is 4.79 Å². The molecule has 0 saturated carbocycles. The number of carbonyl (C=O) groups is 1. The Morgan fingerprint density at radius 1 is 1.09 bits per heavy atom. The second-order valence-corrected chi connectivity index (χ2v) is 8.03. The van der Waals surface area contributed by atoms with Gasteiger partial charge in [0.05, 0.1) is 7.11 Å². The average Bonchev–Trinajstić information content (AvgIpc) is 3.27. The van der Waals surface area contributed by atoms with Crippen LogP contribution in [0.15, 0.2) is 78.0 Å². The number of carbonyl (C=O) groups excluding carboxylic acids is 1. The number of nitrogens with zero attached hydrogens (tertiary/aromatic N) is 4. The molecule has 1 heterocycles. The van der Waals surface area contributed by atoms with Gasteiger partial charge in [-0.15, -0.1) is 5.10 Å². The van der Waals surface area contributed by atoms with Crippen LogP contribution in [0.2, 0.25) is 0 Å². The Kier molecular flexibility index (Phi) is 6.46. The van der Waals surface area contributed by atoms with Crippen molar-refractivity contribution < 1.29 is 13.9 Å². The minimum Gasteiger partial charge on any atom is -0.494 e. The molecule has 3 aromatic carbocycles. The van der Waals surface area contributed by atoms with Crippen LogP contribution in [-0.2, 0) is 4.79 Å². The first-order valence-corrected chi connectivity index (χ1v) is 10.6. The van der Waals surface area contributed by atoms with Crippen LogP contribution < -0.4 is 10.1 Å². The molecule has 1 aromatic heterocycles. The van der Waals surface area contributed by atoms with Crippen LogP contribution in [-0.4, -0.2) is 33.2 Å². The van der Waals surface area contributed by atoms with E-state index < -0.39 is 5.25 Å². The van der Waals surface area contributed by atoms with Crippen molar-refractivity contribution in [2.75, 3.05) is 12.4 Å². The van der Waals surface area contributed by atoms with Gasteiger partial charge in [0.1, 0.15) is 22.5 Å². The number of thioether (sulfide) groups is 1. The molecular formula is C23H20FN5O2S. The molecule has 0 unspecified atom stereocenters. The van der Waals surface area contributed by atoms with Crippen LogP contribution in [0, 0.1) is 12.7 Å². The number of hydrogen-bond donors (Lipinski definition) is 1. The maximum atomic E-state index is 13.2. The molecule has 4 rings (SSSR count). The zero-order chi connectivity index (χ0) is 22.5. The summed E-state index contributed by atoms with van der Waals surface area (Å²) in [5, 5.41) is 14.7. The first-order chi connectivity index (χ1) is 15.5. The summed E-state index contributed by atoms with van der Waals surface area (Å²) in [5.74, 6) is -0.0430. The number of methoxy groups -OCH3 is 1. The Bertz CT molecular complexity index is 1210. The highest BCUT2D eigenvalue weighted by Crippen LogP contribution is 2.37. The number of tetrazole rings is 1. The fraction of sp³-hybridized carbons (Fsp3) is 0.130. The largest absolute Gasteiger partial charge is 0.494 e. The molecule has 0 aliphatic carbocycles. The van der Waals surface area contributed by atoms with Crippen LogP contribution in [0.1, 0.15) is 16.4 Å². The summed E-state index contributed by atoms with van der Waals surface area (Å²) in [6.07, 6.45) is 0. The SMILES string of the molecule is COc1ccc(C)cc1-n1nnnc1S[C@H](C(=O)Nc1ccc(F)cc1)c1ccccc1. The van der Waals surface area contributed by atoms with Gasteiger partial charge >= 0.3 is 0 Å². The number of anilines is 1. The normalized spacial score (nSPS) is 11.7. The highest BCUT2D eigenvalue weighted by Gasteiger charge is 2.26. The van der Waals surface area contributed by atoms with Crippen molar-refractivity contribution in [2.24, 2.45) is 0 Å². The lowest BCUT2D eigenvalue weighted by Crippen LogP contribution is -2.19. The molecule has 0 aliphatic rings. The van der Waals surface area contributed by atoms with Crippen LogP contribution in [0.4, 0.5) is 10.1 Å². The Balaban J connectivity index is 1.68. The standard InChI is InChI=1S/C23H20FN5O2S/c1-15-8-13-20(31-2)19(14-15)29-23(26-27-28-29)32-21(16-6-4-3-5-7-16)22(30)25-18-11-9-17(24)10-12-18/h3-14,21H,1-2H3,(H,25,30)/t21-/m0/s1. The van der Waals surface area contributed by atoms with Crippen LogP contribution in [0.25, 0.3) is 5.69 Å². The second-order valence-electron chi connectivity index (χ2n) is 6.95. The summed E-state index contributed by atoms with van der Waals surface area (Å²) in [5.41, 5.74) is 2.97. The lowest BCUT2D eigenvalue weighted by Gasteiger charge is -2.17. The van der Waals surface area contributed by atoms with Gasteiger partial charge in [-0.25, -0.2) is 4.39 Å². The van der Waals surface area contributed by atoms with E-state index in [1.165, 1.54) is 36.0 Å². The number of halogens is 1. The second kappa shape index (κ2) is 9.61. The Morgan fingerprint density at radius 3 is 2.56 bits per heavy atom. The number of rotatable bonds is 7. The van der Waals surface area contributed by atoms with Gasteiger partial charge in [-0.1, -0.05) is 48.2 Å². The minimum atomic E-state index is -0.651. The van der Waals surface area contributed by atoms with Crippen molar-refractivity contribution in [1.82, 2.24) is 20.2 Å². The fourth-order valence-corrected chi connectivity index (χ4v) is 4.10. The number of amides is 1. The first-order valence-electron chi connectivity index (χ1n) is 9.76. The molecule has 1 atom stereocenters. The van der Waals surface area contributed by atoms with Gasteiger partial charge in [-0.2, -0.15) is 4.68 Å². The van der Waals surface area contributed by atoms with Crippen molar-refractivity contribution in [3.05, 3.63) is 89.7 Å². The Morgan fingerprint density at radius 2 is 1.84 bits per heavy atom. The summed E-state index contributed by atoms with van der Waals surface area (Å²) in [7, 11) is 1.58. The average molecular weight is 450 g/mol. The van der Waals surface area contributed by atoms with Gasteiger partial charge in [0.15, 0.2) is 0 Å². The van der Waals surface area contributed by atoms with E-state index in [1.54, 1.807) is 11.8 Å². The molecular weight excluding hydrogens is 429 g/mol. The molecule has 32 heavy (non-hydrogen) atoms. The van der Waals surface area contributed by atoms with E-state index in [0.717, 1.165) is 11.1 Å². The highest BCUT2D eigenvalue weighted by atomic mass is 32.2. The topological polar surface area (TPSA) is 81.9 Å². The number of hydrogen-bond acceptors (Lipinski definition) is 6. The molecule has 0 aliphatic heterocycles. The number of ether oxygens (including phenoxy) is 1. The van der Waals surface area contributed by atoms with E-state index in [2.05, 4.69) is 20.8 Å². The fourth-order valence-electron chi connectivity index (χ4n) is 3.12. The number of aryl methyl sites for hydroxylation is 1. The van der Waals surface area contributed by atoms with Gasteiger partial charge in [0.2, 0.25) is 11.1 Å². The maximum Gasteiger partial charge on any atom is 0.242 e. The molecule has 4 aromatic rings. The summed E-state index contributed by atoms with van der Waals surface area (Å²) >= 11 is 1.21. The molecule has 1 amide bonds. The summed E-state index contributed by atoms with van der Waals surface area (Å²) in [6.45, 7) is 1.96. The summed E-state index contributed by atoms with van der Waals surface area (Å²) in [4.78, 5) is 13.2. The first kappa shape index (κ1) is 21.5. The lowest BCUT2D eigenvalue weighted by molar-refractivity contribution is -0.115. The van der Waals surface area contributed by atoms with Gasteiger partial charge in [-0.05, 0) is 64.9 Å². The predicted octanol–water partition coefficient (Wildman–Crippen LogP) is 4.59. The molecule has 162 valence electrons. The van der Waals surface area contributed by atoms with E-state index in [0.29, 0.717) is 22.3 Å². The molecule has 0 spiro atoms. The van der Waals surface area contributed by atoms with E-state index in [-0.39, 0.29) is 11.7 Å². The van der Waals surface area contributed by atoms with E-state index >= 15 is 0 Å². The van der Waals surface area contributed by atoms with E-state index in [1.807, 2.05) is 55.5 Å². The van der Waals surface area contributed by atoms with Crippen molar-refractivity contribution >= 4 is 23.4 Å². The van der Waals surface area contributed by atoms with Crippen LogP contribution >= 0.6 is 11.8 Å². The summed E-state index contributed by atoms with van der Waals surface area (Å²) in [6, 6.07) is 20.6. The lowest BCUT2D eigenvalue weighted by atomic mass is 10.1. The quantitative estimate of drug-likeness (QED) is 0.416. The molecule has 0 radical (unpaired) electrons. The molecule has 1 N–H and O–H groups in total. The van der Waals surface area contributed by atoms with Crippen molar-refractivity contribution in [3.63, 3.8) is 0 Å². The van der Waals surface area contributed by atoms with Crippen LogP contribution in [0.3, 0.4) is 0 Å². The molecule has 0 saturated heterocycles. The smallest absolute Gasteiger partial charge is 0.242 e. The third kappa shape index (κ3) is 4.78. The van der Waals surface area contributed by atoms with E-state index in [9.17, 15) is 9.18 Å². The molecule has 0 bridgehead atoms. The number of aromatic nitrogens is 4. The maximum absolute atomic E-state index is 13.2. The molecule has 7 nitrogen and oxygen atoms in total. The zero-order valence-corrected chi connectivity index (χ0v) is 18.2. The van der Waals surface area contributed by atoms with Crippen LogP contribution in [0.5, 0.6) is 5.75 Å². The number of nitrogens with one attached hydrogen (secondary N) is 1. The zero-order valence-electron chi connectivity index (χ0n) is 17.4. The Hall–Kier alpha value is -3.72. The Labute approximate surface area is 188 Å². The van der Waals surface area contributed by atoms with Crippen molar-refractivity contribution in [2.45, 2.75) is 17.3 Å². The van der Waals surface area contributed by atoms with Crippen molar-refractivity contribution in [1.29, 1.82) is 0 Å².